The van der Waals surface area contributed by atoms with Gasteiger partial charge in [-0.15, -0.1) is 11.8 Å². The zero-order valence-electron chi connectivity index (χ0n) is 17.3. The lowest BCUT2D eigenvalue weighted by molar-refractivity contribution is -0.117. The highest BCUT2D eigenvalue weighted by Gasteiger charge is 2.17. The largest absolute Gasteiger partial charge is 0.445 e. The van der Waals surface area contributed by atoms with Crippen molar-refractivity contribution < 1.29 is 9.21 Å². The van der Waals surface area contributed by atoms with Gasteiger partial charge < -0.3 is 9.73 Å². The smallest absolute Gasteiger partial charge is 0.233 e. The zero-order chi connectivity index (χ0) is 20.8. The van der Waals surface area contributed by atoms with Gasteiger partial charge in [-0.25, -0.2) is 9.97 Å². The number of benzene rings is 1. The van der Waals surface area contributed by atoms with Crippen LogP contribution >= 0.6 is 23.1 Å². The van der Waals surface area contributed by atoms with Crippen molar-refractivity contribution in [3.63, 3.8) is 0 Å². The van der Waals surface area contributed by atoms with Crippen LogP contribution in [0, 0.1) is 5.92 Å². The van der Waals surface area contributed by atoms with Gasteiger partial charge in [0.25, 0.3) is 0 Å². The van der Waals surface area contributed by atoms with E-state index < -0.39 is 0 Å². The first-order valence-corrected chi connectivity index (χ1v) is 11.7. The number of hydrogen-bond acceptors (Lipinski definition) is 6. The van der Waals surface area contributed by atoms with Crippen molar-refractivity contribution in [3.05, 3.63) is 59.4 Å². The number of hydrogen-bond donors (Lipinski definition) is 1. The van der Waals surface area contributed by atoms with Gasteiger partial charge in [-0.2, -0.15) is 0 Å². The molecule has 3 aromatic rings. The number of nitrogens with zero attached hydrogens (tertiary/aromatic N) is 2. The molecule has 1 aromatic carbocycles. The molecule has 1 unspecified atom stereocenters. The number of anilines is 1. The Hall–Kier alpha value is -2.12. The van der Waals surface area contributed by atoms with Crippen molar-refractivity contribution in [1.82, 2.24) is 9.97 Å². The topological polar surface area (TPSA) is 68.0 Å². The molecule has 0 aliphatic carbocycles. The minimum absolute atomic E-state index is 0.0483. The summed E-state index contributed by atoms with van der Waals surface area (Å²) in [5.74, 6) is 2.59. The zero-order valence-corrected chi connectivity index (χ0v) is 18.9. The minimum atomic E-state index is -0.233. The van der Waals surface area contributed by atoms with E-state index in [2.05, 4.69) is 41.3 Å². The Bertz CT molecular complexity index is 932. The maximum absolute atomic E-state index is 12.6. The molecule has 0 aliphatic rings. The van der Waals surface area contributed by atoms with Gasteiger partial charge in [0.05, 0.1) is 28.3 Å². The van der Waals surface area contributed by atoms with Crippen molar-refractivity contribution in [2.45, 2.75) is 56.4 Å². The average molecular weight is 430 g/mol. The molecule has 0 aliphatic heterocycles. The van der Waals surface area contributed by atoms with Gasteiger partial charge in [0.2, 0.25) is 11.8 Å². The highest BCUT2D eigenvalue weighted by molar-refractivity contribution is 8.00. The molecule has 0 radical (unpaired) electrons. The standard InChI is InChI=1S/C22H27N3O2S2/c1-5-18-11-23-19(27-18)13-28-20-12-24-22(29-20)25-21(26)15(4)17-8-6-16(7-9-17)10-14(2)3/h6-9,11-12,14-15H,5,10,13H2,1-4H3,(H,24,25,26). The van der Waals surface area contributed by atoms with E-state index >= 15 is 0 Å². The second kappa shape index (κ2) is 10.1. The first-order valence-electron chi connectivity index (χ1n) is 9.86. The Morgan fingerprint density at radius 1 is 1.17 bits per heavy atom. The van der Waals surface area contributed by atoms with Crippen LogP contribution in [-0.2, 0) is 23.4 Å². The van der Waals surface area contributed by atoms with Crippen molar-refractivity contribution in [1.29, 1.82) is 0 Å². The average Bonchev–Trinajstić information content (AvgIpc) is 3.35. The Morgan fingerprint density at radius 3 is 2.59 bits per heavy atom. The van der Waals surface area contributed by atoms with E-state index in [-0.39, 0.29) is 11.8 Å². The lowest BCUT2D eigenvalue weighted by atomic mass is 9.96. The third kappa shape index (κ3) is 6.18. The molecule has 154 valence electrons. The molecule has 0 bridgehead atoms. The van der Waals surface area contributed by atoms with Crippen LogP contribution in [0.4, 0.5) is 5.13 Å². The van der Waals surface area contributed by atoms with Crippen LogP contribution < -0.4 is 5.32 Å². The highest BCUT2D eigenvalue weighted by Crippen LogP contribution is 2.31. The molecule has 3 rings (SSSR count). The number of amides is 1. The fourth-order valence-electron chi connectivity index (χ4n) is 2.87. The van der Waals surface area contributed by atoms with Crippen LogP contribution in [0.2, 0.25) is 0 Å². The molecule has 5 nitrogen and oxygen atoms in total. The molecule has 7 heteroatoms. The second-order valence-electron chi connectivity index (χ2n) is 7.40. The van der Waals surface area contributed by atoms with E-state index in [1.54, 1.807) is 24.2 Å². The predicted octanol–water partition coefficient (Wildman–Crippen LogP) is 5.93. The third-order valence-corrected chi connectivity index (χ3v) is 6.61. The fourth-order valence-corrected chi connectivity index (χ4v) is 4.60. The van der Waals surface area contributed by atoms with Crippen LogP contribution in [0.5, 0.6) is 0 Å². The summed E-state index contributed by atoms with van der Waals surface area (Å²) in [5.41, 5.74) is 2.31. The summed E-state index contributed by atoms with van der Waals surface area (Å²) in [5, 5.41) is 3.55. The Balaban J connectivity index is 1.53. The van der Waals surface area contributed by atoms with Gasteiger partial charge in [0.15, 0.2) is 5.13 Å². The summed E-state index contributed by atoms with van der Waals surface area (Å²) in [6.45, 7) is 8.37. The Morgan fingerprint density at radius 2 is 1.93 bits per heavy atom. The van der Waals surface area contributed by atoms with E-state index in [0.29, 0.717) is 22.7 Å². The SMILES string of the molecule is CCc1cnc(CSc2cnc(NC(=O)C(C)c3ccc(CC(C)C)cc3)s2)o1. The number of rotatable bonds is 9. The molecule has 2 aromatic heterocycles. The molecular formula is C22H27N3O2S2. The summed E-state index contributed by atoms with van der Waals surface area (Å²) in [6, 6.07) is 8.33. The predicted molar refractivity (Wildman–Crippen MR) is 120 cm³/mol. The molecule has 2 heterocycles. The Kier molecular flexibility index (Phi) is 7.50. The van der Waals surface area contributed by atoms with Crippen LogP contribution in [0.25, 0.3) is 0 Å². The number of carbonyl (C=O) groups excluding carboxylic acids is 1. The fraction of sp³-hybridized carbons (Fsp3) is 0.409. The van der Waals surface area contributed by atoms with E-state index in [9.17, 15) is 4.79 Å². The molecule has 0 spiro atoms. The van der Waals surface area contributed by atoms with Crippen LogP contribution in [0.1, 0.15) is 56.4 Å². The molecule has 29 heavy (non-hydrogen) atoms. The lowest BCUT2D eigenvalue weighted by Crippen LogP contribution is -2.18. The van der Waals surface area contributed by atoms with Gasteiger partial charge in [0, 0.05) is 6.42 Å². The minimum Gasteiger partial charge on any atom is -0.445 e. The van der Waals surface area contributed by atoms with E-state index in [1.165, 1.54) is 16.9 Å². The van der Waals surface area contributed by atoms with E-state index in [0.717, 1.165) is 28.4 Å². The van der Waals surface area contributed by atoms with E-state index in [1.807, 2.05) is 26.0 Å². The number of nitrogens with one attached hydrogen (secondary N) is 1. The summed E-state index contributed by atoms with van der Waals surface area (Å²) in [4.78, 5) is 21.2. The molecule has 1 N–H and O–H groups in total. The van der Waals surface area contributed by atoms with Crippen molar-refractivity contribution >= 4 is 34.1 Å². The maximum atomic E-state index is 12.6. The van der Waals surface area contributed by atoms with Gasteiger partial charge in [0.1, 0.15) is 5.76 Å². The summed E-state index contributed by atoms with van der Waals surface area (Å²) < 4.78 is 6.63. The molecule has 0 saturated heterocycles. The monoisotopic (exact) mass is 429 g/mol. The van der Waals surface area contributed by atoms with E-state index in [4.69, 9.17) is 4.42 Å². The van der Waals surface area contributed by atoms with Crippen LogP contribution in [-0.4, -0.2) is 15.9 Å². The third-order valence-electron chi connectivity index (χ3n) is 4.52. The summed E-state index contributed by atoms with van der Waals surface area (Å²) in [7, 11) is 0. The summed E-state index contributed by atoms with van der Waals surface area (Å²) >= 11 is 3.07. The molecule has 1 atom stereocenters. The first kappa shape index (κ1) is 21.6. The highest BCUT2D eigenvalue weighted by atomic mass is 32.2. The van der Waals surface area contributed by atoms with Crippen molar-refractivity contribution in [3.8, 4) is 0 Å². The Labute approximate surface area is 180 Å². The number of thioether (sulfide) groups is 1. The van der Waals surface area contributed by atoms with Gasteiger partial charge in [-0.3, -0.25) is 4.79 Å². The van der Waals surface area contributed by atoms with Gasteiger partial charge >= 0.3 is 0 Å². The molecular weight excluding hydrogens is 402 g/mol. The normalized spacial score (nSPS) is 12.3. The lowest BCUT2D eigenvalue weighted by Gasteiger charge is -2.12. The van der Waals surface area contributed by atoms with Crippen molar-refractivity contribution in [2.24, 2.45) is 5.92 Å². The number of carbonyl (C=O) groups is 1. The van der Waals surface area contributed by atoms with Crippen molar-refractivity contribution in [2.75, 3.05) is 5.32 Å². The molecule has 1 amide bonds. The number of aryl methyl sites for hydroxylation is 1. The number of oxazole rings is 1. The van der Waals surface area contributed by atoms with Crippen LogP contribution in [0.15, 0.2) is 45.3 Å². The number of aromatic nitrogens is 2. The van der Waals surface area contributed by atoms with Gasteiger partial charge in [-0.1, -0.05) is 56.4 Å². The first-order chi connectivity index (χ1) is 13.9. The quantitative estimate of drug-likeness (QED) is 0.427. The number of thiazole rings is 1. The van der Waals surface area contributed by atoms with Crippen LogP contribution in [0.3, 0.4) is 0 Å². The maximum Gasteiger partial charge on any atom is 0.233 e. The van der Waals surface area contributed by atoms with Gasteiger partial charge in [-0.05, 0) is 30.4 Å². The molecule has 0 saturated carbocycles. The molecule has 0 fully saturated rings. The second-order valence-corrected chi connectivity index (χ2v) is 9.70. The summed E-state index contributed by atoms with van der Waals surface area (Å²) in [6.07, 6.45) is 5.44.